The van der Waals surface area contributed by atoms with E-state index >= 15 is 0 Å². The van der Waals surface area contributed by atoms with Crippen LogP contribution < -0.4 is 10.1 Å². The molecule has 2 aromatic rings. The Labute approximate surface area is 182 Å². The molecule has 0 aliphatic carbocycles. The van der Waals surface area contributed by atoms with Crippen molar-refractivity contribution < 1.29 is 14.3 Å². The molecule has 2 atom stereocenters. The van der Waals surface area contributed by atoms with Gasteiger partial charge in [0.15, 0.2) is 0 Å². The SMILES string of the molecule is CN(C)C(CNC(=O)C1CCCN(C(=O)CCOc2ccccc2)C1)c1cccs1. The van der Waals surface area contributed by atoms with Crippen molar-refractivity contribution in [2.24, 2.45) is 5.92 Å². The number of amides is 2. The fourth-order valence-corrected chi connectivity index (χ4v) is 4.63. The van der Waals surface area contributed by atoms with Crippen LogP contribution in [0.2, 0.25) is 0 Å². The van der Waals surface area contributed by atoms with Gasteiger partial charge in [0.1, 0.15) is 5.75 Å². The quantitative estimate of drug-likeness (QED) is 0.665. The van der Waals surface area contributed by atoms with Gasteiger partial charge in [0, 0.05) is 24.5 Å². The Morgan fingerprint density at radius 3 is 2.73 bits per heavy atom. The first-order valence-electron chi connectivity index (χ1n) is 10.5. The Hall–Kier alpha value is -2.38. The minimum absolute atomic E-state index is 0.0384. The molecule has 30 heavy (non-hydrogen) atoms. The molecule has 3 rings (SSSR count). The normalized spacial score (nSPS) is 17.6. The standard InChI is InChI=1S/C23H31N3O3S/c1-25(2)20(21-11-7-15-30-21)16-24-23(28)18-8-6-13-26(17-18)22(27)12-14-29-19-9-4-3-5-10-19/h3-5,7,9-11,15,18,20H,6,8,12-14,16-17H2,1-2H3,(H,24,28). The maximum atomic E-state index is 12.8. The van der Waals surface area contributed by atoms with E-state index in [-0.39, 0.29) is 23.8 Å². The zero-order valence-electron chi connectivity index (χ0n) is 17.8. The number of likely N-dealkylation sites (tertiary alicyclic amines) is 1. The predicted molar refractivity (Wildman–Crippen MR) is 120 cm³/mol. The topological polar surface area (TPSA) is 61.9 Å². The van der Waals surface area contributed by atoms with Gasteiger partial charge in [0.25, 0.3) is 0 Å². The van der Waals surface area contributed by atoms with E-state index in [0.717, 1.165) is 18.6 Å². The number of ether oxygens (including phenoxy) is 1. The Bertz CT molecular complexity index is 795. The Morgan fingerprint density at radius 2 is 2.03 bits per heavy atom. The van der Waals surface area contributed by atoms with Crippen molar-refractivity contribution in [1.82, 2.24) is 15.1 Å². The minimum Gasteiger partial charge on any atom is -0.493 e. The average molecular weight is 430 g/mol. The van der Waals surface area contributed by atoms with E-state index in [0.29, 0.717) is 32.7 Å². The van der Waals surface area contributed by atoms with Gasteiger partial charge in [-0.05, 0) is 50.5 Å². The van der Waals surface area contributed by atoms with Crippen LogP contribution >= 0.6 is 11.3 Å². The molecular weight excluding hydrogens is 398 g/mol. The van der Waals surface area contributed by atoms with Crippen molar-refractivity contribution in [3.8, 4) is 5.75 Å². The second-order valence-electron chi connectivity index (χ2n) is 7.83. The third kappa shape index (κ3) is 6.31. The van der Waals surface area contributed by atoms with E-state index in [4.69, 9.17) is 4.74 Å². The molecule has 0 saturated carbocycles. The number of piperidine rings is 1. The lowest BCUT2D eigenvalue weighted by atomic mass is 9.96. The molecule has 6 nitrogen and oxygen atoms in total. The van der Waals surface area contributed by atoms with E-state index in [2.05, 4.69) is 21.7 Å². The maximum Gasteiger partial charge on any atom is 0.226 e. The van der Waals surface area contributed by atoms with Gasteiger partial charge < -0.3 is 19.9 Å². The highest BCUT2D eigenvalue weighted by atomic mass is 32.1. The van der Waals surface area contributed by atoms with Crippen LogP contribution in [-0.4, -0.2) is 62.0 Å². The molecule has 162 valence electrons. The molecule has 1 aliphatic rings. The molecule has 0 radical (unpaired) electrons. The molecule has 1 aromatic heterocycles. The third-order valence-corrected chi connectivity index (χ3v) is 6.41. The number of para-hydroxylation sites is 1. The Balaban J connectivity index is 1.45. The van der Waals surface area contributed by atoms with Gasteiger partial charge in [-0.1, -0.05) is 24.3 Å². The fraction of sp³-hybridized carbons (Fsp3) is 0.478. The first kappa shape index (κ1) is 22.3. The summed E-state index contributed by atoms with van der Waals surface area (Å²) in [5.74, 6) is 0.705. The molecule has 0 spiro atoms. The Kier molecular flexibility index (Phi) is 8.28. The zero-order valence-corrected chi connectivity index (χ0v) is 18.6. The number of carbonyl (C=O) groups excluding carboxylic acids is 2. The number of carbonyl (C=O) groups is 2. The minimum atomic E-state index is -0.149. The van der Waals surface area contributed by atoms with Crippen molar-refractivity contribution in [2.45, 2.75) is 25.3 Å². The highest BCUT2D eigenvalue weighted by Gasteiger charge is 2.29. The number of benzene rings is 1. The molecule has 1 saturated heterocycles. The van der Waals surface area contributed by atoms with Crippen LogP contribution in [0.15, 0.2) is 47.8 Å². The smallest absolute Gasteiger partial charge is 0.226 e. The van der Waals surface area contributed by atoms with Gasteiger partial charge in [0.05, 0.1) is 25.0 Å². The van der Waals surface area contributed by atoms with Crippen molar-refractivity contribution in [2.75, 3.05) is 40.3 Å². The molecule has 2 amide bonds. The highest BCUT2D eigenvalue weighted by Crippen LogP contribution is 2.23. The van der Waals surface area contributed by atoms with Crippen molar-refractivity contribution in [1.29, 1.82) is 0 Å². The summed E-state index contributed by atoms with van der Waals surface area (Å²) in [7, 11) is 4.05. The van der Waals surface area contributed by atoms with Gasteiger partial charge in [0.2, 0.25) is 11.8 Å². The fourth-order valence-electron chi connectivity index (χ4n) is 3.71. The largest absolute Gasteiger partial charge is 0.493 e. The summed E-state index contributed by atoms with van der Waals surface area (Å²) in [6.07, 6.45) is 2.00. The van der Waals surface area contributed by atoms with Gasteiger partial charge >= 0.3 is 0 Å². The van der Waals surface area contributed by atoms with Crippen LogP contribution in [0.1, 0.15) is 30.2 Å². The summed E-state index contributed by atoms with van der Waals surface area (Å²) in [5.41, 5.74) is 0. The van der Waals surface area contributed by atoms with Crippen LogP contribution in [0.4, 0.5) is 0 Å². The second-order valence-corrected chi connectivity index (χ2v) is 8.81. The number of thiophene rings is 1. The third-order valence-electron chi connectivity index (χ3n) is 5.44. The molecule has 2 heterocycles. The Morgan fingerprint density at radius 1 is 1.23 bits per heavy atom. The highest BCUT2D eigenvalue weighted by molar-refractivity contribution is 7.10. The lowest BCUT2D eigenvalue weighted by molar-refractivity contribution is -0.136. The summed E-state index contributed by atoms with van der Waals surface area (Å²) >= 11 is 1.70. The van der Waals surface area contributed by atoms with E-state index in [9.17, 15) is 9.59 Å². The van der Waals surface area contributed by atoms with Gasteiger partial charge in [-0.2, -0.15) is 0 Å². The number of hydrogen-bond donors (Lipinski definition) is 1. The molecule has 2 unspecified atom stereocenters. The second kappa shape index (κ2) is 11.1. The van der Waals surface area contributed by atoms with Crippen LogP contribution in [0.5, 0.6) is 5.75 Å². The average Bonchev–Trinajstić information content (AvgIpc) is 3.29. The number of hydrogen-bond acceptors (Lipinski definition) is 5. The van der Waals surface area contributed by atoms with Crippen LogP contribution in [-0.2, 0) is 9.59 Å². The maximum absolute atomic E-state index is 12.8. The molecule has 1 fully saturated rings. The lowest BCUT2D eigenvalue weighted by Gasteiger charge is -2.32. The molecule has 0 bridgehead atoms. The van der Waals surface area contributed by atoms with Crippen molar-refractivity contribution in [3.05, 3.63) is 52.7 Å². The number of likely N-dealkylation sites (N-methyl/N-ethyl adjacent to an activating group) is 1. The van der Waals surface area contributed by atoms with Crippen molar-refractivity contribution in [3.63, 3.8) is 0 Å². The molecule has 1 aromatic carbocycles. The first-order chi connectivity index (χ1) is 14.5. The van der Waals surface area contributed by atoms with Crippen molar-refractivity contribution >= 4 is 23.2 Å². The van der Waals surface area contributed by atoms with Gasteiger partial charge in [-0.25, -0.2) is 0 Å². The monoisotopic (exact) mass is 429 g/mol. The van der Waals surface area contributed by atoms with Crippen LogP contribution in [0.3, 0.4) is 0 Å². The van der Waals surface area contributed by atoms with E-state index < -0.39 is 0 Å². The number of nitrogens with one attached hydrogen (secondary N) is 1. The predicted octanol–water partition coefficient (Wildman–Crippen LogP) is 3.17. The van der Waals surface area contributed by atoms with Gasteiger partial charge in [-0.3, -0.25) is 9.59 Å². The molecule has 1 aliphatic heterocycles. The summed E-state index contributed by atoms with van der Waals surface area (Å²) in [4.78, 5) is 30.5. The first-order valence-corrected chi connectivity index (χ1v) is 11.4. The zero-order chi connectivity index (χ0) is 21.3. The molecule has 7 heteroatoms. The van der Waals surface area contributed by atoms with E-state index in [1.165, 1.54) is 4.88 Å². The summed E-state index contributed by atoms with van der Waals surface area (Å²) in [6, 6.07) is 13.8. The van der Waals surface area contributed by atoms with E-state index in [1.807, 2.05) is 55.4 Å². The lowest BCUT2D eigenvalue weighted by Crippen LogP contribution is -2.46. The summed E-state index contributed by atoms with van der Waals surface area (Å²) < 4.78 is 5.63. The van der Waals surface area contributed by atoms with Crippen LogP contribution in [0, 0.1) is 5.92 Å². The molecule has 1 N–H and O–H groups in total. The molecular formula is C23H31N3O3S. The van der Waals surface area contributed by atoms with Crippen LogP contribution in [0.25, 0.3) is 0 Å². The number of nitrogens with zero attached hydrogens (tertiary/aromatic N) is 2. The summed E-state index contributed by atoms with van der Waals surface area (Å²) in [6.45, 7) is 2.12. The van der Waals surface area contributed by atoms with E-state index in [1.54, 1.807) is 11.3 Å². The van der Waals surface area contributed by atoms with Gasteiger partial charge in [-0.15, -0.1) is 11.3 Å². The number of rotatable bonds is 9. The summed E-state index contributed by atoms with van der Waals surface area (Å²) in [5, 5.41) is 5.16.